The maximum atomic E-state index is 11.8. The lowest BCUT2D eigenvalue weighted by atomic mass is 10.1. The highest BCUT2D eigenvalue weighted by Gasteiger charge is 2.13. The van der Waals surface area contributed by atoms with Gasteiger partial charge in [0, 0.05) is 38.4 Å². The van der Waals surface area contributed by atoms with Crippen LogP contribution in [0, 0.1) is 13.8 Å². The third-order valence-electron chi connectivity index (χ3n) is 6.39. The third kappa shape index (κ3) is 6.80. The summed E-state index contributed by atoms with van der Waals surface area (Å²) in [5.74, 6) is 3.17. The predicted molar refractivity (Wildman–Crippen MR) is 149 cm³/mol. The SMILES string of the molecule is CCOC(=O)CCc1ccc(OCc2nc3ccc(Oc4cc(C)c(N)c(C)c4)cc3n2C)cc1OCOC. The maximum absolute atomic E-state index is 11.8. The predicted octanol–water partition coefficient (Wildman–Crippen LogP) is 5.62. The molecule has 3 aromatic carbocycles. The number of fused-ring (bicyclic) bond motifs is 1. The lowest BCUT2D eigenvalue weighted by Gasteiger charge is -2.13. The number of imidazole rings is 1. The van der Waals surface area contributed by atoms with Gasteiger partial charge in [0.1, 0.15) is 35.4 Å². The molecule has 1 aromatic heterocycles. The molecule has 0 aliphatic rings. The number of benzene rings is 3. The van der Waals surface area contributed by atoms with Crippen molar-refractivity contribution in [3.8, 4) is 23.0 Å². The molecule has 206 valence electrons. The number of hydrogen-bond acceptors (Lipinski definition) is 8. The van der Waals surface area contributed by atoms with E-state index in [2.05, 4.69) is 0 Å². The number of nitrogen functional groups attached to an aromatic ring is 1. The number of nitrogens with zero attached hydrogens (tertiary/aromatic N) is 2. The molecule has 0 unspecified atom stereocenters. The minimum atomic E-state index is -0.246. The van der Waals surface area contributed by atoms with Crippen LogP contribution in [0.25, 0.3) is 11.0 Å². The molecule has 4 rings (SSSR count). The molecule has 0 saturated carbocycles. The Morgan fingerprint density at radius 3 is 2.44 bits per heavy atom. The van der Waals surface area contributed by atoms with Crippen molar-refractivity contribution in [2.24, 2.45) is 7.05 Å². The van der Waals surface area contributed by atoms with Crippen molar-refractivity contribution in [3.63, 3.8) is 0 Å². The van der Waals surface area contributed by atoms with E-state index >= 15 is 0 Å². The molecule has 0 saturated heterocycles. The quantitative estimate of drug-likeness (QED) is 0.142. The van der Waals surface area contributed by atoms with E-state index in [-0.39, 0.29) is 25.8 Å². The minimum Gasteiger partial charge on any atom is -0.486 e. The first-order chi connectivity index (χ1) is 18.8. The monoisotopic (exact) mass is 533 g/mol. The van der Waals surface area contributed by atoms with E-state index in [1.807, 2.05) is 67.9 Å². The lowest BCUT2D eigenvalue weighted by molar-refractivity contribution is -0.143. The number of carbonyl (C=O) groups excluding carboxylic acids is 1. The van der Waals surface area contributed by atoms with Gasteiger partial charge in [-0.3, -0.25) is 4.79 Å². The van der Waals surface area contributed by atoms with Gasteiger partial charge < -0.3 is 34.0 Å². The van der Waals surface area contributed by atoms with Crippen LogP contribution in [-0.4, -0.2) is 36.0 Å². The number of esters is 1. The summed E-state index contributed by atoms with van der Waals surface area (Å²) in [4.78, 5) is 16.5. The first-order valence-electron chi connectivity index (χ1n) is 12.8. The Morgan fingerprint density at radius 1 is 0.974 bits per heavy atom. The van der Waals surface area contributed by atoms with Crippen molar-refractivity contribution in [2.75, 3.05) is 26.2 Å². The van der Waals surface area contributed by atoms with Gasteiger partial charge in [-0.2, -0.15) is 0 Å². The molecule has 0 aliphatic heterocycles. The molecule has 2 N–H and O–H groups in total. The average molecular weight is 534 g/mol. The van der Waals surface area contributed by atoms with E-state index in [0.717, 1.165) is 45.0 Å². The summed E-state index contributed by atoms with van der Waals surface area (Å²) in [6.45, 7) is 6.42. The van der Waals surface area contributed by atoms with Gasteiger partial charge in [0.2, 0.25) is 0 Å². The van der Waals surface area contributed by atoms with Crippen LogP contribution in [0.2, 0.25) is 0 Å². The Bertz CT molecular complexity index is 1440. The molecule has 0 fully saturated rings. The zero-order valence-corrected chi connectivity index (χ0v) is 23.1. The number of hydrogen-bond donors (Lipinski definition) is 1. The van der Waals surface area contributed by atoms with Gasteiger partial charge in [0.25, 0.3) is 0 Å². The van der Waals surface area contributed by atoms with Crippen LogP contribution in [0.4, 0.5) is 5.69 Å². The van der Waals surface area contributed by atoms with Crippen molar-refractivity contribution < 1.29 is 28.5 Å². The van der Waals surface area contributed by atoms with E-state index in [1.165, 1.54) is 0 Å². The molecule has 0 bridgehead atoms. The van der Waals surface area contributed by atoms with Gasteiger partial charge in [0.05, 0.1) is 17.6 Å². The van der Waals surface area contributed by atoms with E-state index in [1.54, 1.807) is 20.1 Å². The Morgan fingerprint density at radius 2 is 1.72 bits per heavy atom. The van der Waals surface area contributed by atoms with E-state index in [9.17, 15) is 4.79 Å². The van der Waals surface area contributed by atoms with Crippen molar-refractivity contribution in [2.45, 2.75) is 40.2 Å². The molecule has 9 heteroatoms. The van der Waals surface area contributed by atoms with Gasteiger partial charge >= 0.3 is 5.97 Å². The van der Waals surface area contributed by atoms with Crippen LogP contribution in [-0.2, 0) is 34.3 Å². The number of aromatic nitrogens is 2. The van der Waals surface area contributed by atoms with Crippen LogP contribution in [0.3, 0.4) is 0 Å². The molecule has 9 nitrogen and oxygen atoms in total. The Kier molecular flexibility index (Phi) is 8.93. The molecule has 0 amide bonds. The number of methoxy groups -OCH3 is 1. The van der Waals surface area contributed by atoms with Crippen molar-refractivity contribution in [3.05, 3.63) is 71.0 Å². The molecule has 1 heterocycles. The summed E-state index contributed by atoms with van der Waals surface area (Å²) in [5.41, 5.74) is 11.4. The van der Waals surface area contributed by atoms with Gasteiger partial charge in [-0.1, -0.05) is 6.07 Å². The highest BCUT2D eigenvalue weighted by Crippen LogP contribution is 2.31. The number of nitrogens with two attached hydrogens (primary N) is 1. The van der Waals surface area contributed by atoms with Gasteiger partial charge in [-0.25, -0.2) is 4.98 Å². The van der Waals surface area contributed by atoms with Gasteiger partial charge in [-0.15, -0.1) is 0 Å². The molecule has 0 radical (unpaired) electrons. The summed E-state index contributed by atoms with van der Waals surface area (Å²) in [6, 6.07) is 15.2. The summed E-state index contributed by atoms with van der Waals surface area (Å²) in [5, 5.41) is 0. The smallest absolute Gasteiger partial charge is 0.306 e. The molecule has 4 aromatic rings. The fraction of sp³-hybridized carbons (Fsp3) is 0.333. The number of ether oxygens (including phenoxy) is 5. The lowest BCUT2D eigenvalue weighted by Crippen LogP contribution is -2.08. The second-order valence-electron chi connectivity index (χ2n) is 9.22. The van der Waals surface area contributed by atoms with Crippen LogP contribution in [0.5, 0.6) is 23.0 Å². The fourth-order valence-corrected chi connectivity index (χ4v) is 4.25. The molecular formula is C30H35N3O6. The molecule has 0 atom stereocenters. The maximum Gasteiger partial charge on any atom is 0.306 e. The van der Waals surface area contributed by atoms with Gasteiger partial charge in [0.15, 0.2) is 6.79 Å². The number of carbonyl (C=O) groups is 1. The highest BCUT2D eigenvalue weighted by molar-refractivity contribution is 5.78. The summed E-state index contributed by atoms with van der Waals surface area (Å²) >= 11 is 0. The van der Waals surface area contributed by atoms with Gasteiger partial charge in [-0.05, 0) is 74.2 Å². The number of rotatable bonds is 12. The first-order valence-corrected chi connectivity index (χ1v) is 12.8. The van der Waals surface area contributed by atoms with Crippen LogP contribution < -0.4 is 19.9 Å². The third-order valence-corrected chi connectivity index (χ3v) is 6.39. The van der Waals surface area contributed by atoms with E-state index < -0.39 is 0 Å². The number of aryl methyl sites for hydroxylation is 4. The van der Waals surface area contributed by atoms with Crippen molar-refractivity contribution in [1.82, 2.24) is 9.55 Å². The van der Waals surface area contributed by atoms with E-state index in [0.29, 0.717) is 30.3 Å². The molecule has 0 aliphatic carbocycles. The second-order valence-corrected chi connectivity index (χ2v) is 9.22. The fourth-order valence-electron chi connectivity index (χ4n) is 4.25. The Hall–Kier alpha value is -4.24. The number of anilines is 1. The van der Waals surface area contributed by atoms with Crippen LogP contribution in [0.15, 0.2) is 48.5 Å². The zero-order valence-electron chi connectivity index (χ0n) is 23.1. The van der Waals surface area contributed by atoms with Crippen molar-refractivity contribution in [1.29, 1.82) is 0 Å². The van der Waals surface area contributed by atoms with E-state index in [4.69, 9.17) is 34.4 Å². The normalized spacial score (nSPS) is 11.0. The Balaban J connectivity index is 1.48. The molecular weight excluding hydrogens is 498 g/mol. The highest BCUT2D eigenvalue weighted by atomic mass is 16.7. The molecule has 39 heavy (non-hydrogen) atoms. The van der Waals surface area contributed by atoms with Crippen molar-refractivity contribution >= 4 is 22.7 Å². The van der Waals surface area contributed by atoms with Crippen LogP contribution >= 0.6 is 0 Å². The molecule has 0 spiro atoms. The zero-order chi connectivity index (χ0) is 27.9. The summed E-state index contributed by atoms with van der Waals surface area (Å²) in [7, 11) is 3.50. The first kappa shape index (κ1) is 27.8. The summed E-state index contributed by atoms with van der Waals surface area (Å²) in [6.07, 6.45) is 0.753. The second kappa shape index (κ2) is 12.5. The Labute approximate surface area is 228 Å². The summed E-state index contributed by atoms with van der Waals surface area (Å²) < 4.78 is 30.0. The standard InChI is InChI=1S/C30H35N3O6/c1-6-36-29(34)12-8-21-7-9-22(16-27(21)38-18-35-5)37-17-28-32-25-11-10-23(15-26(25)33(28)4)39-24-13-19(2)30(31)20(3)14-24/h7,9-11,13-16H,6,8,12,17-18,31H2,1-5H3. The average Bonchev–Trinajstić information content (AvgIpc) is 3.23. The van der Waals surface area contributed by atoms with Crippen LogP contribution in [0.1, 0.15) is 35.9 Å². The topological polar surface area (TPSA) is 107 Å². The largest absolute Gasteiger partial charge is 0.486 e. The minimum absolute atomic E-state index is 0.0839.